The van der Waals surface area contributed by atoms with Crippen molar-refractivity contribution in [1.82, 2.24) is 10.0 Å². The maximum Gasteiger partial charge on any atom is 0.433 e. The van der Waals surface area contributed by atoms with Gasteiger partial charge in [-0.15, -0.1) is 5.06 Å². The van der Waals surface area contributed by atoms with Gasteiger partial charge in [0.15, 0.2) is 5.78 Å². The molecule has 1 fully saturated rings. The molecule has 0 spiro atoms. The molecular weight excluding hydrogens is 337 g/mol. The second kappa shape index (κ2) is 7.11. The van der Waals surface area contributed by atoms with Gasteiger partial charge in [0.2, 0.25) is 0 Å². The van der Waals surface area contributed by atoms with Crippen molar-refractivity contribution in [2.45, 2.75) is 39.8 Å². The van der Waals surface area contributed by atoms with Crippen molar-refractivity contribution in [2.75, 3.05) is 13.1 Å². The van der Waals surface area contributed by atoms with Gasteiger partial charge >= 0.3 is 12.1 Å². The van der Waals surface area contributed by atoms with Crippen molar-refractivity contribution in [3.8, 4) is 0 Å². The molecule has 25 heavy (non-hydrogen) atoms. The lowest BCUT2D eigenvalue weighted by Crippen LogP contribution is -2.40. The maximum atomic E-state index is 12.5. The van der Waals surface area contributed by atoms with Crippen LogP contribution in [0.3, 0.4) is 0 Å². The molecule has 0 aromatic carbocycles. The molecule has 2 rings (SSSR count). The van der Waals surface area contributed by atoms with E-state index in [1.165, 1.54) is 5.06 Å². The minimum atomic E-state index is -4.52. The number of aromatic nitrogens is 1. The number of hydrogen-bond acceptors (Lipinski definition) is 5. The molecule has 1 aromatic heterocycles. The Morgan fingerprint density at radius 3 is 2.20 bits per heavy atom. The number of halogens is 3. The van der Waals surface area contributed by atoms with E-state index in [1.54, 1.807) is 20.8 Å². The van der Waals surface area contributed by atoms with Gasteiger partial charge in [0.05, 0.1) is 5.41 Å². The Morgan fingerprint density at radius 2 is 1.76 bits per heavy atom. The van der Waals surface area contributed by atoms with Crippen LogP contribution in [-0.2, 0) is 15.8 Å². The molecule has 0 aliphatic carbocycles. The predicted molar refractivity (Wildman–Crippen MR) is 83.4 cm³/mol. The molecule has 0 unspecified atom stereocenters. The molecule has 0 N–H and O–H groups in total. The van der Waals surface area contributed by atoms with E-state index in [1.807, 2.05) is 0 Å². The smallest absolute Gasteiger partial charge is 0.367 e. The maximum absolute atomic E-state index is 12.5. The van der Waals surface area contributed by atoms with Crippen LogP contribution in [0.1, 0.15) is 49.7 Å². The average Bonchev–Trinajstić information content (AvgIpc) is 2.53. The van der Waals surface area contributed by atoms with Gasteiger partial charge in [0.25, 0.3) is 0 Å². The number of hydroxylamine groups is 2. The molecule has 0 bridgehead atoms. The van der Waals surface area contributed by atoms with Crippen LogP contribution in [0.25, 0.3) is 0 Å². The quantitative estimate of drug-likeness (QED) is 0.774. The first kappa shape index (κ1) is 19.4. The minimum absolute atomic E-state index is 0.165. The number of carbonyl (C=O) groups is 2. The summed E-state index contributed by atoms with van der Waals surface area (Å²) in [6, 6.07) is 1.97. The first-order valence-electron chi connectivity index (χ1n) is 8.03. The van der Waals surface area contributed by atoms with E-state index in [0.29, 0.717) is 25.9 Å². The summed E-state index contributed by atoms with van der Waals surface area (Å²) in [5.74, 6) is -0.893. The molecule has 8 heteroatoms. The summed E-state index contributed by atoms with van der Waals surface area (Å²) >= 11 is 0. The van der Waals surface area contributed by atoms with Crippen molar-refractivity contribution in [2.24, 2.45) is 11.3 Å². The van der Waals surface area contributed by atoms with Gasteiger partial charge < -0.3 is 4.84 Å². The number of alkyl halides is 3. The van der Waals surface area contributed by atoms with Gasteiger partial charge in [0, 0.05) is 30.8 Å². The first-order chi connectivity index (χ1) is 11.5. The van der Waals surface area contributed by atoms with Gasteiger partial charge in [-0.05, 0) is 45.7 Å². The highest BCUT2D eigenvalue weighted by atomic mass is 19.4. The third kappa shape index (κ3) is 5.01. The Morgan fingerprint density at radius 1 is 1.16 bits per heavy atom. The lowest BCUT2D eigenvalue weighted by atomic mass is 9.90. The number of pyridine rings is 1. The van der Waals surface area contributed by atoms with E-state index in [2.05, 4.69) is 4.98 Å². The molecule has 138 valence electrons. The molecule has 0 atom stereocenters. The van der Waals surface area contributed by atoms with Crippen LogP contribution in [-0.4, -0.2) is 34.9 Å². The molecule has 1 aliphatic heterocycles. The molecule has 1 aliphatic rings. The second-order valence-electron chi connectivity index (χ2n) is 7.13. The lowest BCUT2D eigenvalue weighted by Gasteiger charge is -2.31. The largest absolute Gasteiger partial charge is 0.433 e. The molecular formula is C17H21F3N2O3. The number of nitrogens with zero attached hydrogens (tertiary/aromatic N) is 2. The van der Waals surface area contributed by atoms with Crippen molar-refractivity contribution in [3.05, 3.63) is 29.6 Å². The van der Waals surface area contributed by atoms with E-state index >= 15 is 0 Å². The van der Waals surface area contributed by atoms with Gasteiger partial charge in [0.1, 0.15) is 5.69 Å². The zero-order chi connectivity index (χ0) is 18.8. The Labute approximate surface area is 144 Å². The Bertz CT molecular complexity index is 628. The van der Waals surface area contributed by atoms with Crippen molar-refractivity contribution >= 4 is 11.8 Å². The Balaban J connectivity index is 1.92. The number of hydrogen-bond donors (Lipinski definition) is 0. The molecule has 5 nitrogen and oxygen atoms in total. The highest BCUT2D eigenvalue weighted by Crippen LogP contribution is 2.28. The average molecular weight is 358 g/mol. The number of rotatable bonds is 3. The van der Waals surface area contributed by atoms with Crippen LogP contribution in [0.15, 0.2) is 18.3 Å². The summed E-state index contributed by atoms with van der Waals surface area (Å²) in [7, 11) is 0. The lowest BCUT2D eigenvalue weighted by molar-refractivity contribution is -0.205. The third-order valence-corrected chi connectivity index (χ3v) is 3.99. The van der Waals surface area contributed by atoms with Gasteiger partial charge in [-0.25, -0.2) is 4.79 Å². The molecule has 2 heterocycles. The molecule has 1 saturated heterocycles. The Hall–Kier alpha value is -1.96. The highest BCUT2D eigenvalue weighted by molar-refractivity contribution is 5.97. The topological polar surface area (TPSA) is 59.5 Å². The summed E-state index contributed by atoms with van der Waals surface area (Å²) in [4.78, 5) is 32.9. The van der Waals surface area contributed by atoms with E-state index in [0.717, 1.165) is 18.3 Å². The fourth-order valence-electron chi connectivity index (χ4n) is 2.41. The first-order valence-corrected chi connectivity index (χ1v) is 8.03. The number of Topliss-reactive ketones (excluding diaryl/α,β-unsaturated/α-hetero) is 1. The van der Waals surface area contributed by atoms with Crippen LogP contribution in [0.4, 0.5) is 13.2 Å². The standard InChI is InChI=1S/C17H21F3N2O3/c1-16(2,3)15(24)25-22-8-6-11(7-9-22)14(23)12-4-5-13(21-10-12)17(18,19)20/h4-5,10-11H,6-9H2,1-3H3. The summed E-state index contributed by atoms with van der Waals surface area (Å²) in [6.07, 6.45) is -2.62. The van der Waals surface area contributed by atoms with Crippen LogP contribution in [0.5, 0.6) is 0 Å². The van der Waals surface area contributed by atoms with Crippen LogP contribution in [0.2, 0.25) is 0 Å². The molecule has 1 aromatic rings. The zero-order valence-corrected chi connectivity index (χ0v) is 14.4. The van der Waals surface area contributed by atoms with Crippen molar-refractivity contribution in [3.63, 3.8) is 0 Å². The summed E-state index contributed by atoms with van der Waals surface area (Å²) in [5.41, 5.74) is -1.47. The third-order valence-electron chi connectivity index (χ3n) is 3.99. The van der Waals surface area contributed by atoms with Gasteiger partial charge in [-0.1, -0.05) is 0 Å². The minimum Gasteiger partial charge on any atom is -0.367 e. The Kier molecular flexibility index (Phi) is 5.51. The van der Waals surface area contributed by atoms with Crippen LogP contribution in [0, 0.1) is 11.3 Å². The number of carbonyl (C=O) groups excluding carboxylic acids is 2. The van der Waals surface area contributed by atoms with Crippen molar-refractivity contribution < 1.29 is 27.6 Å². The fraction of sp³-hybridized carbons (Fsp3) is 0.588. The SMILES string of the molecule is CC(C)(C)C(=O)ON1CCC(C(=O)c2ccc(C(F)(F)F)nc2)CC1. The van der Waals surface area contributed by atoms with E-state index < -0.39 is 17.3 Å². The normalized spacial score (nSPS) is 17.4. The number of piperidine rings is 1. The summed E-state index contributed by atoms with van der Waals surface area (Å²) in [6.45, 7) is 6.08. The van der Waals surface area contributed by atoms with Crippen LogP contribution < -0.4 is 0 Å². The number of ketones is 1. The van der Waals surface area contributed by atoms with Gasteiger partial charge in [-0.3, -0.25) is 9.78 Å². The predicted octanol–water partition coefficient (Wildman–Crippen LogP) is 3.50. The molecule has 0 saturated carbocycles. The van der Waals surface area contributed by atoms with Gasteiger partial charge in [-0.2, -0.15) is 13.2 Å². The van der Waals surface area contributed by atoms with Crippen molar-refractivity contribution in [1.29, 1.82) is 0 Å². The summed E-state index contributed by atoms with van der Waals surface area (Å²) in [5, 5.41) is 1.53. The molecule has 0 radical (unpaired) electrons. The van der Waals surface area contributed by atoms with E-state index in [-0.39, 0.29) is 23.2 Å². The monoisotopic (exact) mass is 358 g/mol. The fourth-order valence-corrected chi connectivity index (χ4v) is 2.41. The van der Waals surface area contributed by atoms with E-state index in [4.69, 9.17) is 4.84 Å². The zero-order valence-electron chi connectivity index (χ0n) is 14.4. The highest BCUT2D eigenvalue weighted by Gasteiger charge is 2.33. The second-order valence-corrected chi connectivity index (χ2v) is 7.13. The molecule has 0 amide bonds. The van der Waals surface area contributed by atoms with E-state index in [9.17, 15) is 22.8 Å². The summed E-state index contributed by atoms with van der Waals surface area (Å²) < 4.78 is 37.5. The van der Waals surface area contributed by atoms with Crippen LogP contribution >= 0.6 is 0 Å².